The number of hydrogen-bond acceptors (Lipinski definition) is 7. The van der Waals surface area contributed by atoms with Crippen LogP contribution in [0.25, 0.3) is 0 Å². The zero-order chi connectivity index (χ0) is 12.6. The summed E-state index contributed by atoms with van der Waals surface area (Å²) < 4.78 is 0. The van der Waals surface area contributed by atoms with E-state index in [1.807, 2.05) is 0 Å². The summed E-state index contributed by atoms with van der Waals surface area (Å²) in [7, 11) is 3.79. The Kier molecular flexibility index (Phi) is 6.12. The third kappa shape index (κ3) is 5.49. The van der Waals surface area contributed by atoms with Gasteiger partial charge in [0.15, 0.2) is 0 Å². The molecule has 3 N–H and O–H groups in total. The number of hydrogen-bond donors (Lipinski definition) is 3. The molecule has 0 saturated carbocycles. The molecule has 0 aromatic carbocycles. The van der Waals surface area contributed by atoms with E-state index in [-0.39, 0.29) is 5.39 Å². The fourth-order valence-corrected chi connectivity index (χ4v) is 0.396. The minimum Gasteiger partial charge on any atom is -0.323 e. The van der Waals surface area contributed by atoms with E-state index >= 15 is 0 Å². The van der Waals surface area contributed by atoms with Gasteiger partial charge < -0.3 is 16.0 Å². The van der Waals surface area contributed by atoms with Gasteiger partial charge in [-0.2, -0.15) is 0 Å². The van der Waals surface area contributed by atoms with Gasteiger partial charge in [-0.05, 0) is 0 Å². The molecule has 0 saturated heterocycles. The fourth-order valence-electron chi connectivity index (χ4n) is 0.396. The molecular weight excluding hydrogens is 224 g/mol. The van der Waals surface area contributed by atoms with E-state index in [9.17, 15) is 14.4 Å². The van der Waals surface area contributed by atoms with Gasteiger partial charge in [0, 0.05) is 21.1 Å². The summed E-state index contributed by atoms with van der Waals surface area (Å²) in [6, 6.07) is 0. The van der Waals surface area contributed by atoms with Gasteiger partial charge in [0.2, 0.25) is 5.39 Å². The maximum Gasteiger partial charge on any atom is 0.431 e. The second-order valence-electron chi connectivity index (χ2n) is 2.11. The molecule has 92 valence electrons. The fraction of sp³-hybridized carbons (Fsp3) is 0.500. The van der Waals surface area contributed by atoms with Crippen molar-refractivity contribution in [2.75, 3.05) is 21.1 Å². The van der Waals surface area contributed by atoms with Gasteiger partial charge >= 0.3 is 18.3 Å². The number of rotatable bonds is 3. The predicted molar refractivity (Wildman–Crippen MR) is 48.5 cm³/mol. The third-order valence-corrected chi connectivity index (χ3v) is 1.08. The lowest BCUT2D eigenvalue weighted by Crippen LogP contribution is -2.39. The molecule has 0 radical (unpaired) electrons. The highest BCUT2D eigenvalue weighted by atomic mass is 17.2. The molecule has 0 unspecified atom stereocenters. The maximum atomic E-state index is 10.8. The van der Waals surface area contributed by atoms with E-state index in [0.29, 0.717) is 0 Å². The van der Waals surface area contributed by atoms with Gasteiger partial charge in [-0.25, -0.2) is 14.4 Å². The first-order valence-corrected chi connectivity index (χ1v) is 4.02. The Morgan fingerprint density at radius 1 is 0.750 bits per heavy atom. The summed E-state index contributed by atoms with van der Waals surface area (Å²) in [5.74, 6) is 0. The van der Waals surface area contributed by atoms with Gasteiger partial charge in [-0.15, -0.1) is 0 Å². The van der Waals surface area contributed by atoms with Crippen molar-refractivity contribution >= 4 is 18.3 Å². The number of amides is 3. The lowest BCUT2D eigenvalue weighted by molar-refractivity contribution is -0.449. The second-order valence-corrected chi connectivity index (χ2v) is 2.11. The number of nitrogens with zero attached hydrogens (tertiary/aromatic N) is 1. The first-order valence-electron chi connectivity index (χ1n) is 4.02. The summed E-state index contributed by atoms with van der Waals surface area (Å²) in [5, 5.41) is 6.11. The molecule has 0 heterocycles. The van der Waals surface area contributed by atoms with E-state index in [0.717, 1.165) is 0 Å². The van der Waals surface area contributed by atoms with Crippen LogP contribution in [0.5, 0.6) is 0 Å². The number of nitrogens with one attached hydrogen (secondary N) is 3. The van der Waals surface area contributed by atoms with Crippen molar-refractivity contribution in [3.8, 4) is 0 Å². The molecule has 0 aliphatic heterocycles. The molecule has 10 nitrogen and oxygen atoms in total. The van der Waals surface area contributed by atoms with E-state index in [1.165, 1.54) is 21.1 Å². The molecule has 0 aliphatic carbocycles. The predicted octanol–water partition coefficient (Wildman–Crippen LogP) is -0.899. The Morgan fingerprint density at radius 2 is 1.00 bits per heavy atom. The molecule has 0 rings (SSSR count). The number of carbonyl (C=O) groups is 3. The average Bonchev–Trinajstić information content (AvgIpc) is 2.28. The summed E-state index contributed by atoms with van der Waals surface area (Å²) in [5.41, 5.74) is 0. The quantitative estimate of drug-likeness (QED) is 0.543. The van der Waals surface area contributed by atoms with Crippen LogP contribution < -0.4 is 16.0 Å². The molecule has 10 heteroatoms. The van der Waals surface area contributed by atoms with Crippen molar-refractivity contribution < 1.29 is 28.9 Å². The van der Waals surface area contributed by atoms with Crippen LogP contribution in [0.15, 0.2) is 0 Å². The lowest BCUT2D eigenvalue weighted by Gasteiger charge is -2.15. The van der Waals surface area contributed by atoms with Gasteiger partial charge in [-0.3, -0.25) is 14.5 Å². The van der Waals surface area contributed by atoms with E-state index in [2.05, 4.69) is 30.5 Å². The zero-order valence-electron chi connectivity index (χ0n) is 8.90. The Balaban J connectivity index is 4.31. The topological polar surface area (TPSA) is 118 Å². The van der Waals surface area contributed by atoms with Crippen LogP contribution in [0, 0.1) is 0 Å². The molecule has 0 aromatic rings. The summed E-state index contributed by atoms with van der Waals surface area (Å²) in [6.45, 7) is 0. The van der Waals surface area contributed by atoms with Crippen LogP contribution in [0.1, 0.15) is 0 Å². The normalized spacial score (nSPS) is 9.00. The number of carbonyl (C=O) groups excluding carboxylic acids is 3. The van der Waals surface area contributed by atoms with Crippen molar-refractivity contribution in [1.29, 1.82) is 0 Å². The van der Waals surface area contributed by atoms with Crippen LogP contribution in [-0.4, -0.2) is 44.8 Å². The highest BCUT2D eigenvalue weighted by molar-refractivity contribution is 5.69. The van der Waals surface area contributed by atoms with Crippen molar-refractivity contribution in [2.24, 2.45) is 0 Å². The minimum atomic E-state index is -0.993. The third-order valence-electron chi connectivity index (χ3n) is 1.08. The van der Waals surface area contributed by atoms with Crippen molar-refractivity contribution in [2.45, 2.75) is 0 Å². The van der Waals surface area contributed by atoms with Gasteiger partial charge in [0.25, 0.3) is 0 Å². The average molecular weight is 236 g/mol. The molecule has 3 amide bonds. The van der Waals surface area contributed by atoms with Crippen LogP contribution in [0.2, 0.25) is 0 Å². The molecule has 0 fully saturated rings. The largest absolute Gasteiger partial charge is 0.431 e. The summed E-state index contributed by atoms with van der Waals surface area (Å²) in [4.78, 5) is 45.1. The molecule has 0 bridgehead atoms. The van der Waals surface area contributed by atoms with Crippen LogP contribution >= 0.6 is 0 Å². The Morgan fingerprint density at radius 3 is 1.19 bits per heavy atom. The van der Waals surface area contributed by atoms with Crippen molar-refractivity contribution in [3.05, 3.63) is 0 Å². The van der Waals surface area contributed by atoms with Crippen LogP contribution in [-0.2, 0) is 14.5 Å². The van der Waals surface area contributed by atoms with Crippen LogP contribution in [0.3, 0.4) is 0 Å². The monoisotopic (exact) mass is 236 g/mol. The summed E-state index contributed by atoms with van der Waals surface area (Å²) >= 11 is 0. The van der Waals surface area contributed by atoms with E-state index in [1.54, 1.807) is 0 Å². The summed E-state index contributed by atoms with van der Waals surface area (Å²) in [6.07, 6.45) is -2.98. The smallest absolute Gasteiger partial charge is 0.323 e. The highest BCUT2D eigenvalue weighted by Gasteiger charge is 2.20. The van der Waals surface area contributed by atoms with E-state index < -0.39 is 18.3 Å². The Labute approximate surface area is 90.7 Å². The molecule has 0 spiro atoms. The standard InChI is InChI=1S/C6H12N4O6/c1-7-4(11)14-10(15-5(12)8-2)16-6(13)9-3/h1-3H3,(H,7,11)(H,8,12)(H,9,13). The van der Waals surface area contributed by atoms with Crippen LogP contribution in [0.4, 0.5) is 14.4 Å². The second kappa shape index (κ2) is 7.11. The van der Waals surface area contributed by atoms with Crippen molar-refractivity contribution in [3.63, 3.8) is 0 Å². The Hall–Kier alpha value is -2.23. The first kappa shape index (κ1) is 13.8. The molecule has 0 atom stereocenters. The first-order chi connectivity index (χ1) is 7.53. The molecular formula is C6H12N4O6. The lowest BCUT2D eigenvalue weighted by atomic mass is 11.1. The van der Waals surface area contributed by atoms with Gasteiger partial charge in [0.1, 0.15) is 0 Å². The highest BCUT2D eigenvalue weighted by Crippen LogP contribution is 1.96. The Bertz CT molecular complexity index is 227. The van der Waals surface area contributed by atoms with Gasteiger partial charge in [0.05, 0.1) is 0 Å². The van der Waals surface area contributed by atoms with E-state index in [4.69, 9.17) is 0 Å². The van der Waals surface area contributed by atoms with Crippen molar-refractivity contribution in [1.82, 2.24) is 21.3 Å². The minimum absolute atomic E-state index is 0.0451. The molecule has 0 aromatic heterocycles. The SMILES string of the molecule is CNC(=O)ON(OC(=O)NC)OC(=O)NC. The maximum absolute atomic E-state index is 10.8. The molecule has 0 aliphatic rings. The van der Waals surface area contributed by atoms with Gasteiger partial charge in [-0.1, -0.05) is 0 Å². The zero-order valence-corrected chi connectivity index (χ0v) is 8.90. The molecule has 16 heavy (non-hydrogen) atoms.